The monoisotopic (exact) mass is 349 g/mol. The molecule has 0 aliphatic carbocycles. The molecule has 0 unspecified atom stereocenters. The van der Waals surface area contributed by atoms with Crippen LogP contribution in [0.4, 0.5) is 0 Å². The maximum atomic E-state index is 12.8. The van der Waals surface area contributed by atoms with Gasteiger partial charge in [-0.1, -0.05) is 5.16 Å². The number of rotatable bonds is 6. The molecule has 7 nitrogen and oxygen atoms in total. The largest absolute Gasteiger partial charge is 0.384 e. The summed E-state index contributed by atoms with van der Waals surface area (Å²) in [4.78, 5) is 30.9. The molecule has 0 saturated carbocycles. The number of Topliss-reactive ketones (excluding diaryl/α,β-unsaturated/α-hetero) is 1. The first-order valence-corrected chi connectivity index (χ1v) is 8.70. The predicted molar refractivity (Wildman–Crippen MR) is 87.2 cm³/mol. The topological polar surface area (TPSA) is 85.5 Å². The summed E-state index contributed by atoms with van der Waals surface area (Å²) < 4.78 is 10.4. The van der Waals surface area contributed by atoms with Crippen molar-refractivity contribution in [3.05, 3.63) is 33.6 Å². The summed E-state index contributed by atoms with van der Waals surface area (Å²) in [6.07, 6.45) is 2.25. The molecule has 1 aliphatic rings. The van der Waals surface area contributed by atoms with Gasteiger partial charge in [-0.3, -0.25) is 9.59 Å². The lowest BCUT2D eigenvalue weighted by molar-refractivity contribution is 0.0710. The van der Waals surface area contributed by atoms with Crippen molar-refractivity contribution in [1.29, 1.82) is 0 Å². The number of hydrogen-bond donors (Lipinski definition) is 0. The minimum atomic E-state index is -0.207. The molecule has 3 rings (SSSR count). The van der Waals surface area contributed by atoms with E-state index in [2.05, 4.69) is 10.1 Å². The number of amides is 1. The van der Waals surface area contributed by atoms with E-state index in [-0.39, 0.29) is 17.7 Å². The predicted octanol–water partition coefficient (Wildman–Crippen LogP) is 2.50. The van der Waals surface area contributed by atoms with Gasteiger partial charge in [-0.25, -0.2) is 0 Å². The summed E-state index contributed by atoms with van der Waals surface area (Å²) in [5.41, 5.74) is 0.538. The second-order valence-electron chi connectivity index (χ2n) is 5.70. The molecule has 2 aromatic rings. The van der Waals surface area contributed by atoms with Gasteiger partial charge in [0.15, 0.2) is 11.6 Å². The maximum absolute atomic E-state index is 12.8. The highest BCUT2D eigenvalue weighted by Crippen LogP contribution is 2.33. The van der Waals surface area contributed by atoms with E-state index in [0.717, 1.165) is 12.8 Å². The smallest absolute Gasteiger partial charge is 0.255 e. The number of carbonyl (C=O) groups is 2. The van der Waals surface area contributed by atoms with Crippen LogP contribution in [-0.4, -0.2) is 47.0 Å². The van der Waals surface area contributed by atoms with Crippen molar-refractivity contribution in [3.8, 4) is 0 Å². The Morgan fingerprint density at radius 3 is 3.04 bits per heavy atom. The molecular weight excluding hydrogens is 330 g/mol. The summed E-state index contributed by atoms with van der Waals surface area (Å²) in [7, 11) is 1.62. The molecule has 1 atom stereocenters. The van der Waals surface area contributed by atoms with E-state index >= 15 is 0 Å². The van der Waals surface area contributed by atoms with Gasteiger partial charge < -0.3 is 14.2 Å². The molecule has 0 radical (unpaired) electrons. The van der Waals surface area contributed by atoms with Crippen molar-refractivity contribution in [3.63, 3.8) is 0 Å². The summed E-state index contributed by atoms with van der Waals surface area (Å²) in [6.45, 7) is 2.66. The van der Waals surface area contributed by atoms with Gasteiger partial charge in [-0.15, -0.1) is 11.3 Å². The van der Waals surface area contributed by atoms with Crippen molar-refractivity contribution in [1.82, 2.24) is 15.0 Å². The first kappa shape index (κ1) is 16.8. The fraction of sp³-hybridized carbons (Fsp3) is 0.500. The molecule has 0 spiro atoms. The molecule has 8 heteroatoms. The first-order chi connectivity index (χ1) is 11.6. The van der Waals surface area contributed by atoms with Crippen molar-refractivity contribution in [2.75, 3.05) is 20.3 Å². The number of nitrogens with zero attached hydrogens (tertiary/aromatic N) is 3. The number of methoxy groups -OCH3 is 1. The van der Waals surface area contributed by atoms with Crippen LogP contribution in [0.3, 0.4) is 0 Å². The Labute approximate surface area is 143 Å². The number of likely N-dealkylation sites (tertiary alicyclic amines) is 1. The molecule has 1 amide bonds. The highest BCUT2D eigenvalue weighted by atomic mass is 32.1. The number of hydrogen-bond acceptors (Lipinski definition) is 7. The van der Waals surface area contributed by atoms with Crippen LogP contribution in [0, 0.1) is 0 Å². The zero-order chi connectivity index (χ0) is 17.1. The average molecular weight is 349 g/mol. The minimum Gasteiger partial charge on any atom is -0.384 e. The van der Waals surface area contributed by atoms with Gasteiger partial charge in [0.25, 0.3) is 5.91 Å². The number of ketones is 1. The van der Waals surface area contributed by atoms with Crippen LogP contribution in [-0.2, 0) is 11.2 Å². The zero-order valence-electron chi connectivity index (χ0n) is 13.7. The van der Waals surface area contributed by atoms with E-state index in [1.165, 1.54) is 18.3 Å². The third-order valence-electron chi connectivity index (χ3n) is 4.01. The lowest BCUT2D eigenvalue weighted by atomic mass is 10.2. The normalized spacial score (nSPS) is 17.4. The number of carbonyl (C=O) groups excluding carboxylic acids is 2. The quantitative estimate of drug-likeness (QED) is 0.745. The standard InChI is InChI=1S/C16H19N3O4S/c1-10(20)13-8-11(9-24-13)16(21)19-6-3-4-12(19)15-17-14(18-23-15)5-7-22-2/h8-9,12H,3-7H2,1-2H3/t12-/m0/s1. The van der Waals surface area contributed by atoms with Crippen molar-refractivity contribution in [2.24, 2.45) is 0 Å². The van der Waals surface area contributed by atoms with Gasteiger partial charge in [0, 0.05) is 25.5 Å². The van der Waals surface area contributed by atoms with Crippen molar-refractivity contribution in [2.45, 2.75) is 32.2 Å². The van der Waals surface area contributed by atoms with Crippen LogP contribution in [0.5, 0.6) is 0 Å². The van der Waals surface area contributed by atoms with E-state index in [1.807, 2.05) is 0 Å². The molecule has 3 heterocycles. The van der Waals surface area contributed by atoms with Crippen LogP contribution in [0.1, 0.15) is 57.6 Å². The van der Waals surface area contributed by atoms with E-state index in [9.17, 15) is 9.59 Å². The fourth-order valence-corrected chi connectivity index (χ4v) is 3.55. The van der Waals surface area contributed by atoms with Crippen molar-refractivity contribution >= 4 is 23.0 Å². The van der Waals surface area contributed by atoms with E-state index in [1.54, 1.807) is 23.5 Å². The maximum Gasteiger partial charge on any atom is 0.255 e. The Hall–Kier alpha value is -2.06. The summed E-state index contributed by atoms with van der Waals surface area (Å²) >= 11 is 1.29. The van der Waals surface area contributed by atoms with Gasteiger partial charge in [0.1, 0.15) is 6.04 Å². The van der Waals surface area contributed by atoms with Gasteiger partial charge in [-0.2, -0.15) is 4.98 Å². The SMILES string of the molecule is COCCc1noc([C@@H]2CCCN2C(=O)c2csc(C(C)=O)c2)n1. The number of thiophene rings is 1. The highest BCUT2D eigenvalue weighted by Gasteiger charge is 2.34. The second kappa shape index (κ2) is 7.23. The third kappa shape index (κ3) is 3.39. The van der Waals surface area contributed by atoms with E-state index < -0.39 is 0 Å². The Balaban J connectivity index is 1.75. The van der Waals surface area contributed by atoms with Crippen LogP contribution in [0.25, 0.3) is 0 Å². The molecular formula is C16H19N3O4S. The Morgan fingerprint density at radius 2 is 2.33 bits per heavy atom. The lowest BCUT2D eigenvalue weighted by Crippen LogP contribution is -2.30. The number of ether oxygens (including phenoxy) is 1. The van der Waals surface area contributed by atoms with Gasteiger partial charge in [0.05, 0.1) is 17.0 Å². The van der Waals surface area contributed by atoms with Gasteiger partial charge in [-0.05, 0) is 25.8 Å². The fourth-order valence-electron chi connectivity index (χ4n) is 2.76. The highest BCUT2D eigenvalue weighted by molar-refractivity contribution is 7.12. The molecule has 24 heavy (non-hydrogen) atoms. The van der Waals surface area contributed by atoms with Gasteiger partial charge >= 0.3 is 0 Å². The molecule has 0 bridgehead atoms. The molecule has 0 aromatic carbocycles. The summed E-state index contributed by atoms with van der Waals surface area (Å²) in [5.74, 6) is 0.920. The molecule has 128 valence electrons. The molecule has 1 fully saturated rings. The first-order valence-electron chi connectivity index (χ1n) is 7.82. The van der Waals surface area contributed by atoms with Crippen LogP contribution in [0.2, 0.25) is 0 Å². The summed E-state index contributed by atoms with van der Waals surface area (Å²) in [6, 6.07) is 1.45. The average Bonchev–Trinajstić information content (AvgIpc) is 3.31. The minimum absolute atomic E-state index is 0.0308. The summed E-state index contributed by atoms with van der Waals surface area (Å²) in [5, 5.41) is 5.67. The van der Waals surface area contributed by atoms with Crippen LogP contribution >= 0.6 is 11.3 Å². The Kier molecular flexibility index (Phi) is 5.06. The lowest BCUT2D eigenvalue weighted by Gasteiger charge is -2.21. The Bertz CT molecular complexity index is 739. The van der Waals surface area contributed by atoms with Crippen LogP contribution < -0.4 is 0 Å². The van der Waals surface area contributed by atoms with Gasteiger partial charge in [0.2, 0.25) is 5.89 Å². The Morgan fingerprint density at radius 1 is 1.50 bits per heavy atom. The molecule has 1 aliphatic heterocycles. The molecule has 0 N–H and O–H groups in total. The zero-order valence-corrected chi connectivity index (χ0v) is 14.5. The molecule has 2 aromatic heterocycles. The van der Waals surface area contributed by atoms with Crippen molar-refractivity contribution < 1.29 is 18.8 Å². The van der Waals surface area contributed by atoms with E-state index in [4.69, 9.17) is 9.26 Å². The molecule has 1 saturated heterocycles. The third-order valence-corrected chi connectivity index (χ3v) is 5.04. The van der Waals surface area contributed by atoms with E-state index in [0.29, 0.717) is 41.7 Å². The van der Waals surface area contributed by atoms with Crippen LogP contribution in [0.15, 0.2) is 16.0 Å². The second-order valence-corrected chi connectivity index (χ2v) is 6.62. The number of aromatic nitrogens is 2.